The number of methoxy groups -OCH3 is 1. The van der Waals surface area contributed by atoms with Crippen LogP contribution in [0.3, 0.4) is 0 Å². The second kappa shape index (κ2) is 7.30. The standard InChI is InChI=1S/C14H23NO2/c1-5-15-12(3)13-6-8-14(9-7-13)17-10-11(2)16-4/h6-9,11-12,15H,5,10H2,1-4H3. The van der Waals surface area contributed by atoms with Gasteiger partial charge in [-0.25, -0.2) is 0 Å². The number of hydrogen-bond donors (Lipinski definition) is 1. The second-order valence-corrected chi connectivity index (χ2v) is 4.21. The summed E-state index contributed by atoms with van der Waals surface area (Å²) in [6, 6.07) is 8.59. The lowest BCUT2D eigenvalue weighted by atomic mass is 10.1. The molecule has 96 valence electrons. The van der Waals surface area contributed by atoms with Crippen molar-refractivity contribution in [2.75, 3.05) is 20.3 Å². The average molecular weight is 237 g/mol. The fraction of sp³-hybridized carbons (Fsp3) is 0.571. The van der Waals surface area contributed by atoms with Crippen molar-refractivity contribution < 1.29 is 9.47 Å². The number of rotatable bonds is 7. The Labute approximate surface area is 104 Å². The van der Waals surface area contributed by atoms with Gasteiger partial charge in [0.25, 0.3) is 0 Å². The normalized spacial score (nSPS) is 14.4. The molecule has 3 nitrogen and oxygen atoms in total. The molecule has 0 aliphatic heterocycles. The fourth-order valence-corrected chi connectivity index (χ4v) is 1.56. The summed E-state index contributed by atoms with van der Waals surface area (Å²) in [7, 11) is 1.69. The van der Waals surface area contributed by atoms with Crippen LogP contribution in [0, 0.1) is 0 Å². The van der Waals surface area contributed by atoms with Crippen molar-refractivity contribution in [1.82, 2.24) is 5.32 Å². The molecule has 17 heavy (non-hydrogen) atoms. The summed E-state index contributed by atoms with van der Waals surface area (Å²) in [6.45, 7) is 7.82. The number of nitrogens with one attached hydrogen (secondary N) is 1. The monoisotopic (exact) mass is 237 g/mol. The Morgan fingerprint density at radius 3 is 2.35 bits per heavy atom. The molecule has 1 rings (SSSR count). The van der Waals surface area contributed by atoms with Gasteiger partial charge in [0.05, 0.1) is 6.10 Å². The Hall–Kier alpha value is -1.06. The van der Waals surface area contributed by atoms with Gasteiger partial charge >= 0.3 is 0 Å². The summed E-state index contributed by atoms with van der Waals surface area (Å²) in [5.74, 6) is 0.890. The highest BCUT2D eigenvalue weighted by Crippen LogP contribution is 2.17. The van der Waals surface area contributed by atoms with E-state index in [0.717, 1.165) is 12.3 Å². The first kappa shape index (κ1) is 14.0. The maximum absolute atomic E-state index is 5.61. The quantitative estimate of drug-likeness (QED) is 0.791. The van der Waals surface area contributed by atoms with Crippen LogP contribution in [0.4, 0.5) is 0 Å². The largest absolute Gasteiger partial charge is 0.491 e. The summed E-state index contributed by atoms with van der Waals surface area (Å²) < 4.78 is 10.7. The molecule has 0 aromatic heterocycles. The minimum atomic E-state index is 0.121. The maximum Gasteiger partial charge on any atom is 0.119 e. The van der Waals surface area contributed by atoms with E-state index in [9.17, 15) is 0 Å². The van der Waals surface area contributed by atoms with Crippen molar-refractivity contribution in [1.29, 1.82) is 0 Å². The third-order valence-electron chi connectivity index (χ3n) is 2.78. The maximum atomic E-state index is 5.61. The first-order valence-corrected chi connectivity index (χ1v) is 6.16. The predicted molar refractivity (Wildman–Crippen MR) is 70.5 cm³/mol. The zero-order chi connectivity index (χ0) is 12.7. The van der Waals surface area contributed by atoms with Crippen molar-refractivity contribution in [3.63, 3.8) is 0 Å². The van der Waals surface area contributed by atoms with Gasteiger partial charge in [-0.3, -0.25) is 0 Å². The molecule has 0 saturated carbocycles. The van der Waals surface area contributed by atoms with Crippen LogP contribution in [0.2, 0.25) is 0 Å². The van der Waals surface area contributed by atoms with Crippen LogP contribution in [0.15, 0.2) is 24.3 Å². The Balaban J connectivity index is 2.50. The summed E-state index contributed by atoms with van der Waals surface area (Å²) in [5.41, 5.74) is 1.28. The molecule has 1 N–H and O–H groups in total. The number of ether oxygens (including phenoxy) is 2. The molecule has 0 amide bonds. The van der Waals surface area contributed by atoms with Crippen molar-refractivity contribution >= 4 is 0 Å². The SMILES string of the molecule is CCNC(C)c1ccc(OCC(C)OC)cc1. The second-order valence-electron chi connectivity index (χ2n) is 4.21. The minimum absolute atomic E-state index is 0.121. The summed E-state index contributed by atoms with van der Waals surface area (Å²) >= 11 is 0. The van der Waals surface area contributed by atoms with E-state index in [4.69, 9.17) is 9.47 Å². The molecule has 0 aliphatic carbocycles. The summed E-state index contributed by atoms with van der Waals surface area (Å²) in [4.78, 5) is 0. The molecule has 0 aliphatic rings. The average Bonchev–Trinajstić information content (AvgIpc) is 2.36. The molecule has 0 fully saturated rings. The molecule has 0 radical (unpaired) electrons. The van der Waals surface area contributed by atoms with E-state index >= 15 is 0 Å². The lowest BCUT2D eigenvalue weighted by Gasteiger charge is -2.14. The highest BCUT2D eigenvalue weighted by Gasteiger charge is 2.04. The van der Waals surface area contributed by atoms with Crippen molar-refractivity contribution in [2.24, 2.45) is 0 Å². The van der Waals surface area contributed by atoms with Crippen LogP contribution < -0.4 is 10.1 Å². The third-order valence-corrected chi connectivity index (χ3v) is 2.78. The topological polar surface area (TPSA) is 30.5 Å². The molecule has 0 saturated heterocycles. The van der Waals surface area contributed by atoms with Crippen LogP contribution in [-0.2, 0) is 4.74 Å². The Kier molecular flexibility index (Phi) is 6.01. The molecular formula is C14H23NO2. The van der Waals surface area contributed by atoms with E-state index in [1.165, 1.54) is 5.56 Å². The molecular weight excluding hydrogens is 214 g/mol. The predicted octanol–water partition coefficient (Wildman–Crippen LogP) is 2.77. The van der Waals surface area contributed by atoms with Gasteiger partial charge in [-0.1, -0.05) is 19.1 Å². The van der Waals surface area contributed by atoms with Gasteiger partial charge in [0, 0.05) is 13.2 Å². The molecule has 1 aromatic rings. The molecule has 0 bridgehead atoms. The van der Waals surface area contributed by atoms with Gasteiger partial charge in [0.2, 0.25) is 0 Å². The zero-order valence-corrected chi connectivity index (χ0v) is 11.2. The van der Waals surface area contributed by atoms with Gasteiger partial charge in [0.1, 0.15) is 12.4 Å². The Morgan fingerprint density at radius 1 is 1.18 bits per heavy atom. The molecule has 1 aromatic carbocycles. The smallest absolute Gasteiger partial charge is 0.119 e. The van der Waals surface area contributed by atoms with Gasteiger partial charge in [-0.2, -0.15) is 0 Å². The Morgan fingerprint density at radius 2 is 1.82 bits per heavy atom. The van der Waals surface area contributed by atoms with E-state index in [2.05, 4.69) is 31.3 Å². The van der Waals surface area contributed by atoms with Crippen molar-refractivity contribution in [3.8, 4) is 5.75 Å². The third kappa shape index (κ3) is 4.75. The van der Waals surface area contributed by atoms with Crippen LogP contribution in [-0.4, -0.2) is 26.4 Å². The molecule has 0 spiro atoms. The van der Waals surface area contributed by atoms with Gasteiger partial charge in [0.15, 0.2) is 0 Å². The lowest BCUT2D eigenvalue weighted by Crippen LogP contribution is -2.18. The summed E-state index contributed by atoms with van der Waals surface area (Å²) in [5, 5.41) is 3.38. The van der Waals surface area contributed by atoms with Crippen LogP contribution in [0.5, 0.6) is 5.75 Å². The molecule has 2 unspecified atom stereocenters. The van der Waals surface area contributed by atoms with Gasteiger partial charge in [-0.15, -0.1) is 0 Å². The van der Waals surface area contributed by atoms with Gasteiger partial charge in [-0.05, 0) is 38.1 Å². The number of hydrogen-bond acceptors (Lipinski definition) is 3. The van der Waals surface area contributed by atoms with E-state index in [1.807, 2.05) is 19.1 Å². The van der Waals surface area contributed by atoms with Crippen molar-refractivity contribution in [3.05, 3.63) is 29.8 Å². The molecule has 3 heteroatoms. The van der Waals surface area contributed by atoms with Crippen LogP contribution >= 0.6 is 0 Å². The minimum Gasteiger partial charge on any atom is -0.491 e. The van der Waals surface area contributed by atoms with E-state index in [0.29, 0.717) is 12.6 Å². The van der Waals surface area contributed by atoms with Crippen molar-refractivity contribution in [2.45, 2.75) is 32.9 Å². The Bertz CT molecular complexity index is 311. The summed E-state index contributed by atoms with van der Waals surface area (Å²) in [6.07, 6.45) is 0.121. The molecule has 2 atom stereocenters. The van der Waals surface area contributed by atoms with Crippen LogP contribution in [0.25, 0.3) is 0 Å². The first-order valence-electron chi connectivity index (χ1n) is 6.16. The van der Waals surface area contributed by atoms with E-state index in [1.54, 1.807) is 7.11 Å². The van der Waals surface area contributed by atoms with Crippen LogP contribution in [0.1, 0.15) is 32.4 Å². The lowest BCUT2D eigenvalue weighted by molar-refractivity contribution is 0.0716. The number of benzene rings is 1. The van der Waals surface area contributed by atoms with E-state index in [-0.39, 0.29) is 6.10 Å². The fourth-order valence-electron chi connectivity index (χ4n) is 1.56. The zero-order valence-electron chi connectivity index (χ0n) is 11.2. The highest BCUT2D eigenvalue weighted by molar-refractivity contribution is 5.28. The molecule has 0 heterocycles. The van der Waals surface area contributed by atoms with E-state index < -0.39 is 0 Å². The first-order chi connectivity index (χ1) is 8.17. The van der Waals surface area contributed by atoms with Gasteiger partial charge < -0.3 is 14.8 Å². The highest BCUT2D eigenvalue weighted by atomic mass is 16.5.